The number of anilines is 1. The topological polar surface area (TPSA) is 69.2 Å². The number of ether oxygens (including phenoxy) is 2. The molecule has 32 heavy (non-hydrogen) atoms. The number of thiophene rings is 1. The molecule has 6 nitrogen and oxygen atoms in total. The van der Waals surface area contributed by atoms with Gasteiger partial charge in [0.05, 0.1) is 34.2 Å². The quantitative estimate of drug-likeness (QED) is 0.456. The molecule has 0 spiro atoms. The first-order valence-corrected chi connectivity index (χ1v) is 12.0. The maximum absolute atomic E-state index is 6.22. The molecule has 3 aromatic heterocycles. The van der Waals surface area contributed by atoms with E-state index in [1.807, 2.05) is 6.07 Å². The van der Waals surface area contributed by atoms with Crippen LogP contribution < -0.4 is 5.32 Å². The van der Waals surface area contributed by atoms with Crippen LogP contribution in [0.1, 0.15) is 37.8 Å². The Balaban J connectivity index is 1.54. The van der Waals surface area contributed by atoms with Crippen LogP contribution in [0.3, 0.4) is 0 Å². The number of hydrogen-bond donors (Lipinski definition) is 1. The zero-order valence-corrected chi connectivity index (χ0v) is 19.2. The number of rotatable bonds is 4. The van der Waals surface area contributed by atoms with Gasteiger partial charge in [0.2, 0.25) is 0 Å². The van der Waals surface area contributed by atoms with Crippen molar-refractivity contribution < 1.29 is 9.47 Å². The Morgan fingerprint density at radius 2 is 2.03 bits per heavy atom. The second-order valence-corrected chi connectivity index (χ2v) is 10.2. The number of aromatic nitrogens is 3. The van der Waals surface area contributed by atoms with Crippen LogP contribution in [-0.4, -0.2) is 39.8 Å². The smallest absolute Gasteiger partial charge is 0.147 e. The Kier molecular flexibility index (Phi) is 4.86. The number of fused-ring (bicyclic) bond motifs is 5. The van der Waals surface area contributed by atoms with Crippen LogP contribution >= 0.6 is 11.3 Å². The largest absolute Gasteiger partial charge is 0.376 e. The van der Waals surface area contributed by atoms with E-state index in [1.54, 1.807) is 17.7 Å². The standard InChI is InChI=1S/C25H26N4O2S/c1-25(2)11-17-18(13-31-25)20(15-7-4-3-5-8-15)29-24-19(17)21-22(32-24)23(28-14-27-21)26-12-16-9-6-10-30-16/h3-5,7-8,14,16H,6,9-13H2,1-2H3,(H,26,27,28)/t16-/m0/s1. The van der Waals surface area contributed by atoms with Crippen LogP contribution in [0.25, 0.3) is 31.7 Å². The molecular weight excluding hydrogens is 420 g/mol. The van der Waals surface area contributed by atoms with E-state index >= 15 is 0 Å². The third kappa shape index (κ3) is 3.45. The van der Waals surface area contributed by atoms with Gasteiger partial charge in [-0.1, -0.05) is 30.3 Å². The average Bonchev–Trinajstić information content (AvgIpc) is 3.45. The van der Waals surface area contributed by atoms with Gasteiger partial charge in [0.25, 0.3) is 0 Å². The number of pyridine rings is 1. The lowest BCUT2D eigenvalue weighted by Crippen LogP contribution is -2.32. The molecule has 0 radical (unpaired) electrons. The van der Waals surface area contributed by atoms with Gasteiger partial charge in [-0.2, -0.15) is 0 Å². The maximum Gasteiger partial charge on any atom is 0.147 e. The molecule has 6 rings (SSSR count). The number of nitrogens with one attached hydrogen (secondary N) is 1. The Hall–Kier alpha value is -2.61. The molecule has 2 aliphatic heterocycles. The van der Waals surface area contributed by atoms with E-state index in [4.69, 9.17) is 19.4 Å². The van der Waals surface area contributed by atoms with Crippen LogP contribution in [0, 0.1) is 0 Å². The number of nitrogens with zero attached hydrogens (tertiary/aromatic N) is 3. The zero-order chi connectivity index (χ0) is 21.7. The molecule has 4 aromatic rings. The summed E-state index contributed by atoms with van der Waals surface area (Å²) in [6, 6.07) is 10.4. The molecule has 5 heterocycles. The summed E-state index contributed by atoms with van der Waals surface area (Å²) in [6.45, 7) is 6.49. The summed E-state index contributed by atoms with van der Waals surface area (Å²) < 4.78 is 13.1. The van der Waals surface area contributed by atoms with E-state index < -0.39 is 0 Å². The minimum Gasteiger partial charge on any atom is -0.376 e. The van der Waals surface area contributed by atoms with Gasteiger partial charge in [0, 0.05) is 36.1 Å². The van der Waals surface area contributed by atoms with Crippen molar-refractivity contribution in [1.82, 2.24) is 15.0 Å². The van der Waals surface area contributed by atoms with E-state index in [2.05, 4.69) is 48.4 Å². The predicted molar refractivity (Wildman–Crippen MR) is 128 cm³/mol. The number of benzene rings is 1. The molecule has 1 fully saturated rings. The van der Waals surface area contributed by atoms with Gasteiger partial charge in [-0.3, -0.25) is 0 Å². The van der Waals surface area contributed by atoms with Gasteiger partial charge in [-0.25, -0.2) is 15.0 Å². The second-order valence-electron chi connectivity index (χ2n) is 9.21. The van der Waals surface area contributed by atoms with Crippen molar-refractivity contribution in [2.75, 3.05) is 18.5 Å². The molecule has 1 saturated heterocycles. The van der Waals surface area contributed by atoms with Crippen LogP contribution in [0.15, 0.2) is 36.7 Å². The summed E-state index contributed by atoms with van der Waals surface area (Å²) >= 11 is 1.67. The van der Waals surface area contributed by atoms with E-state index in [9.17, 15) is 0 Å². The minimum absolute atomic E-state index is 0.225. The van der Waals surface area contributed by atoms with Crippen LogP contribution in [-0.2, 0) is 22.5 Å². The summed E-state index contributed by atoms with van der Waals surface area (Å²) in [5.41, 5.74) is 5.37. The highest BCUT2D eigenvalue weighted by atomic mass is 32.1. The van der Waals surface area contributed by atoms with E-state index in [0.29, 0.717) is 6.61 Å². The normalized spacial score (nSPS) is 20.0. The minimum atomic E-state index is -0.225. The van der Waals surface area contributed by atoms with E-state index in [1.165, 1.54) is 11.1 Å². The van der Waals surface area contributed by atoms with Crippen molar-refractivity contribution in [1.29, 1.82) is 0 Å². The van der Waals surface area contributed by atoms with Gasteiger partial charge in [-0.15, -0.1) is 11.3 Å². The van der Waals surface area contributed by atoms with Crippen molar-refractivity contribution in [2.45, 2.75) is 51.4 Å². The first-order valence-electron chi connectivity index (χ1n) is 11.2. The summed E-state index contributed by atoms with van der Waals surface area (Å²) in [5, 5.41) is 4.67. The van der Waals surface area contributed by atoms with Crippen molar-refractivity contribution in [2.24, 2.45) is 0 Å². The third-order valence-electron chi connectivity index (χ3n) is 6.40. The SMILES string of the molecule is CC1(C)Cc2c(c(-c3ccccc3)nc3sc4c(NC[C@@H]5CCCO5)ncnc4c23)CO1. The lowest BCUT2D eigenvalue weighted by atomic mass is 9.88. The molecule has 7 heteroatoms. The van der Waals surface area contributed by atoms with Crippen LogP contribution in [0.2, 0.25) is 0 Å². The summed E-state index contributed by atoms with van der Waals surface area (Å²) in [6.07, 6.45) is 4.97. The van der Waals surface area contributed by atoms with E-state index in [-0.39, 0.29) is 11.7 Å². The summed E-state index contributed by atoms with van der Waals surface area (Å²) in [7, 11) is 0. The third-order valence-corrected chi connectivity index (χ3v) is 7.48. The van der Waals surface area contributed by atoms with Crippen molar-refractivity contribution >= 4 is 37.6 Å². The molecule has 0 saturated carbocycles. The molecule has 2 aliphatic rings. The maximum atomic E-state index is 6.22. The highest BCUT2D eigenvalue weighted by Gasteiger charge is 2.32. The first-order chi connectivity index (χ1) is 15.6. The monoisotopic (exact) mass is 446 g/mol. The van der Waals surface area contributed by atoms with Crippen molar-refractivity contribution in [3.63, 3.8) is 0 Å². The molecule has 0 aliphatic carbocycles. The highest BCUT2D eigenvalue weighted by molar-refractivity contribution is 7.26. The lowest BCUT2D eigenvalue weighted by Gasteiger charge is -2.33. The zero-order valence-electron chi connectivity index (χ0n) is 18.4. The van der Waals surface area contributed by atoms with Gasteiger partial charge in [0.1, 0.15) is 17.0 Å². The summed E-state index contributed by atoms with van der Waals surface area (Å²) in [5.74, 6) is 0.870. The highest BCUT2D eigenvalue weighted by Crippen LogP contribution is 2.44. The molecule has 0 amide bonds. The fourth-order valence-corrected chi connectivity index (χ4v) is 5.91. The van der Waals surface area contributed by atoms with Crippen LogP contribution in [0.4, 0.5) is 5.82 Å². The average molecular weight is 447 g/mol. The van der Waals surface area contributed by atoms with Gasteiger partial charge in [-0.05, 0) is 32.3 Å². The van der Waals surface area contributed by atoms with Crippen molar-refractivity contribution in [3.05, 3.63) is 47.8 Å². The van der Waals surface area contributed by atoms with Crippen molar-refractivity contribution in [3.8, 4) is 11.3 Å². The van der Waals surface area contributed by atoms with Crippen LogP contribution in [0.5, 0.6) is 0 Å². The Morgan fingerprint density at radius 3 is 2.84 bits per heavy atom. The fourth-order valence-electron chi connectivity index (χ4n) is 4.78. The van der Waals surface area contributed by atoms with Gasteiger partial charge < -0.3 is 14.8 Å². The number of hydrogen-bond acceptors (Lipinski definition) is 7. The van der Waals surface area contributed by atoms with E-state index in [0.717, 1.165) is 69.9 Å². The Morgan fingerprint density at radius 1 is 1.16 bits per heavy atom. The molecule has 1 N–H and O–H groups in total. The molecule has 0 unspecified atom stereocenters. The Labute approximate surface area is 191 Å². The molecule has 0 bridgehead atoms. The Bertz CT molecular complexity index is 1300. The molecular formula is C25H26N4O2S. The second kappa shape index (κ2) is 7.76. The molecule has 1 atom stereocenters. The fraction of sp³-hybridized carbons (Fsp3) is 0.400. The van der Waals surface area contributed by atoms with Gasteiger partial charge >= 0.3 is 0 Å². The molecule has 164 valence electrons. The first kappa shape index (κ1) is 20.0. The predicted octanol–water partition coefficient (Wildman–Crippen LogP) is 5.35. The van der Waals surface area contributed by atoms with Gasteiger partial charge in [0.15, 0.2) is 0 Å². The lowest BCUT2D eigenvalue weighted by molar-refractivity contribution is -0.0394. The molecule has 1 aromatic carbocycles. The summed E-state index contributed by atoms with van der Waals surface area (Å²) in [4.78, 5) is 15.4.